The number of hydrogen-bond donors (Lipinski definition) is 1. The van der Waals surface area contributed by atoms with Crippen molar-refractivity contribution in [1.82, 2.24) is 9.88 Å². The van der Waals surface area contributed by atoms with Crippen LogP contribution < -0.4 is 4.46 Å². The zero-order valence-corrected chi connectivity index (χ0v) is 17.4. The first kappa shape index (κ1) is 18.2. The first-order chi connectivity index (χ1) is 13.1. The van der Waals surface area contributed by atoms with E-state index < -0.39 is 0 Å². The second-order valence-electron chi connectivity index (χ2n) is 7.13. The van der Waals surface area contributed by atoms with E-state index in [-0.39, 0.29) is 19.6 Å². The van der Waals surface area contributed by atoms with Crippen molar-refractivity contribution in [3.63, 3.8) is 0 Å². The number of fused-ring (bicyclic) bond motifs is 1. The van der Waals surface area contributed by atoms with Gasteiger partial charge in [-0.3, -0.25) is 0 Å². The van der Waals surface area contributed by atoms with Crippen LogP contribution in [0.15, 0.2) is 66.2 Å². The molecule has 1 aromatic heterocycles. The van der Waals surface area contributed by atoms with Crippen LogP contribution in [0.2, 0.25) is 0 Å². The molecule has 2 aromatic carbocycles. The number of aromatic amines is 1. The van der Waals surface area contributed by atoms with Gasteiger partial charge in [0.1, 0.15) is 0 Å². The van der Waals surface area contributed by atoms with Crippen LogP contribution in [0.25, 0.3) is 10.9 Å². The molecule has 0 spiro atoms. The number of likely N-dealkylation sites (N-methyl/N-ethyl adjacent to an activating group) is 1. The van der Waals surface area contributed by atoms with E-state index in [9.17, 15) is 4.79 Å². The minimum absolute atomic E-state index is 0.220. The molecule has 138 valence electrons. The normalized spacial score (nSPS) is 17.9. The molecule has 4 rings (SSSR count). The molecular weight excluding hydrogens is 399 g/mol. The molecule has 1 N–H and O–H groups in total. The summed E-state index contributed by atoms with van der Waals surface area (Å²) >= 11 is -0.222. The molecule has 0 amide bonds. The number of aromatic nitrogens is 1. The van der Waals surface area contributed by atoms with Crippen molar-refractivity contribution < 1.29 is 4.79 Å². The van der Waals surface area contributed by atoms with Crippen LogP contribution in [-0.4, -0.2) is 49.2 Å². The average Bonchev–Trinajstić information content (AvgIpc) is 3.05. The summed E-state index contributed by atoms with van der Waals surface area (Å²) in [5.41, 5.74) is 4.41. The third kappa shape index (κ3) is 3.79. The Bertz CT molecular complexity index is 990. The molecule has 3 nitrogen and oxygen atoms in total. The van der Waals surface area contributed by atoms with Crippen LogP contribution in [0.1, 0.15) is 29.4 Å². The van der Waals surface area contributed by atoms with Crippen LogP contribution in [-0.2, 0) is 6.42 Å². The van der Waals surface area contributed by atoms with Gasteiger partial charge in [-0.2, -0.15) is 0 Å². The number of benzene rings is 2. The van der Waals surface area contributed by atoms with Gasteiger partial charge in [-0.25, -0.2) is 0 Å². The van der Waals surface area contributed by atoms with Crippen molar-refractivity contribution in [2.24, 2.45) is 0 Å². The molecule has 4 heteroatoms. The van der Waals surface area contributed by atoms with Crippen molar-refractivity contribution in [3.8, 4) is 0 Å². The van der Waals surface area contributed by atoms with Crippen molar-refractivity contribution in [3.05, 3.63) is 77.5 Å². The first-order valence-corrected chi connectivity index (χ1v) is 11.1. The fraction of sp³-hybridized carbons (Fsp3) is 0.261. The van der Waals surface area contributed by atoms with Crippen molar-refractivity contribution >= 4 is 35.0 Å². The van der Waals surface area contributed by atoms with E-state index in [2.05, 4.69) is 48.1 Å². The van der Waals surface area contributed by atoms with E-state index in [0.29, 0.717) is 6.04 Å². The number of hydrogen-bond acceptors (Lipinski definition) is 2. The van der Waals surface area contributed by atoms with Gasteiger partial charge >= 0.3 is 167 Å². The Hall–Kier alpha value is -2.13. The fourth-order valence-corrected chi connectivity index (χ4v) is 5.37. The van der Waals surface area contributed by atoms with Gasteiger partial charge in [-0.05, 0) is 0 Å². The van der Waals surface area contributed by atoms with E-state index >= 15 is 0 Å². The van der Waals surface area contributed by atoms with Crippen LogP contribution in [0.4, 0.5) is 0 Å². The van der Waals surface area contributed by atoms with Gasteiger partial charge in [-0.15, -0.1) is 0 Å². The fourth-order valence-electron chi connectivity index (χ4n) is 3.73. The zero-order chi connectivity index (χ0) is 18.8. The summed E-state index contributed by atoms with van der Waals surface area (Å²) in [4.78, 5) is 19.0. The Kier molecular flexibility index (Phi) is 5.31. The monoisotopic (exact) mass is 424 g/mol. The van der Waals surface area contributed by atoms with E-state index in [1.807, 2.05) is 36.4 Å². The molecule has 0 saturated heterocycles. The van der Waals surface area contributed by atoms with Gasteiger partial charge < -0.3 is 0 Å². The van der Waals surface area contributed by atoms with Gasteiger partial charge in [-0.1, -0.05) is 0 Å². The quantitative estimate of drug-likeness (QED) is 0.504. The average molecular weight is 423 g/mol. The standard InChI is InChI=1S/C23H24N2OSe/c1-16-17(9-8-14-25(16)2)15-20-19-12-6-7-13-21(19)24-22(20)23(26)27-18-10-4-3-5-11-18/h3-7,9-13,16,24H,8,14-15H2,1-2H3. The Labute approximate surface area is 166 Å². The Morgan fingerprint density at radius 3 is 2.70 bits per heavy atom. The minimum atomic E-state index is -0.222. The summed E-state index contributed by atoms with van der Waals surface area (Å²) < 4.78 is 1.34. The van der Waals surface area contributed by atoms with Crippen molar-refractivity contribution in [2.75, 3.05) is 13.6 Å². The zero-order valence-electron chi connectivity index (χ0n) is 15.7. The maximum atomic E-state index is 13.2. The number of rotatable bonds is 5. The van der Waals surface area contributed by atoms with Gasteiger partial charge in [0.05, 0.1) is 0 Å². The van der Waals surface area contributed by atoms with Crippen LogP contribution in [0.3, 0.4) is 0 Å². The third-order valence-corrected chi connectivity index (χ3v) is 7.32. The molecule has 27 heavy (non-hydrogen) atoms. The number of para-hydroxylation sites is 1. The summed E-state index contributed by atoms with van der Waals surface area (Å²) in [5.74, 6) is 0. The number of H-pyrrole nitrogens is 1. The third-order valence-electron chi connectivity index (χ3n) is 5.44. The number of carbonyl (C=O) groups is 1. The molecule has 0 radical (unpaired) electrons. The predicted octanol–water partition coefficient (Wildman–Crippen LogP) is 3.53. The summed E-state index contributed by atoms with van der Waals surface area (Å²) in [6.07, 6.45) is 4.28. The summed E-state index contributed by atoms with van der Waals surface area (Å²) in [5, 5.41) is 1.17. The predicted molar refractivity (Wildman–Crippen MR) is 113 cm³/mol. The molecule has 1 atom stereocenters. The van der Waals surface area contributed by atoms with Crippen LogP contribution >= 0.6 is 0 Å². The molecule has 0 aliphatic carbocycles. The van der Waals surface area contributed by atoms with Gasteiger partial charge in [0.15, 0.2) is 0 Å². The summed E-state index contributed by atoms with van der Waals surface area (Å²) in [7, 11) is 2.18. The van der Waals surface area contributed by atoms with Crippen molar-refractivity contribution in [2.45, 2.75) is 25.8 Å². The second kappa shape index (κ2) is 7.85. The molecule has 0 saturated carbocycles. The molecule has 1 aliphatic heterocycles. The molecule has 0 bridgehead atoms. The SMILES string of the molecule is CC1C(Cc2c(C(=O)[Se]c3ccccc3)[nH]c3ccccc23)=CCCN1C. The van der Waals surface area contributed by atoms with E-state index in [1.165, 1.54) is 11.0 Å². The van der Waals surface area contributed by atoms with Gasteiger partial charge in [0.2, 0.25) is 0 Å². The van der Waals surface area contributed by atoms with Gasteiger partial charge in [0.25, 0.3) is 0 Å². The molecule has 1 aliphatic rings. The maximum absolute atomic E-state index is 13.2. The number of carbonyl (C=O) groups excluding carboxylic acids is 1. The van der Waals surface area contributed by atoms with Crippen molar-refractivity contribution in [1.29, 1.82) is 0 Å². The molecule has 1 unspecified atom stereocenters. The molecule has 3 aromatic rings. The Morgan fingerprint density at radius 2 is 1.89 bits per heavy atom. The van der Waals surface area contributed by atoms with E-state index in [4.69, 9.17) is 0 Å². The Morgan fingerprint density at radius 1 is 1.15 bits per heavy atom. The van der Waals surface area contributed by atoms with Gasteiger partial charge in [0, 0.05) is 0 Å². The number of nitrogens with one attached hydrogen (secondary N) is 1. The molecule has 2 heterocycles. The van der Waals surface area contributed by atoms with Crippen LogP contribution in [0.5, 0.6) is 0 Å². The summed E-state index contributed by atoms with van der Waals surface area (Å²) in [6, 6.07) is 18.8. The molecule has 0 fully saturated rings. The second-order valence-corrected chi connectivity index (χ2v) is 9.32. The van der Waals surface area contributed by atoms with E-state index in [1.54, 1.807) is 0 Å². The number of nitrogens with zero attached hydrogens (tertiary/aromatic N) is 1. The Balaban J connectivity index is 1.71. The molecular formula is C23H24N2OSe. The van der Waals surface area contributed by atoms with Crippen LogP contribution in [0, 0.1) is 0 Å². The first-order valence-electron chi connectivity index (χ1n) is 9.39. The topological polar surface area (TPSA) is 36.1 Å². The summed E-state index contributed by atoms with van der Waals surface area (Å²) in [6.45, 7) is 3.36. The van der Waals surface area contributed by atoms with E-state index in [0.717, 1.165) is 40.6 Å².